The van der Waals surface area contributed by atoms with E-state index < -0.39 is 0 Å². The molecule has 0 radical (unpaired) electrons. The van der Waals surface area contributed by atoms with Crippen LogP contribution in [0.2, 0.25) is 0 Å². The first kappa shape index (κ1) is 14.4. The molecule has 2 aromatic rings. The number of nitrogens with zero attached hydrogens (tertiary/aromatic N) is 1. The number of rotatable bonds is 3. The van der Waals surface area contributed by atoms with Crippen molar-refractivity contribution in [2.45, 2.75) is 38.4 Å². The first-order valence-corrected chi connectivity index (χ1v) is 8.19. The molecule has 2 saturated heterocycles. The number of aryl methyl sites for hydroxylation is 1. The predicted octanol–water partition coefficient (Wildman–Crippen LogP) is 3.56. The molecular formula is C19H20N2O2. The van der Waals surface area contributed by atoms with Gasteiger partial charge in [-0.1, -0.05) is 35.9 Å². The fourth-order valence-corrected chi connectivity index (χ4v) is 3.52. The Morgan fingerprint density at radius 2 is 2.00 bits per heavy atom. The number of fused-ring (bicyclic) bond motifs is 2. The van der Waals surface area contributed by atoms with Gasteiger partial charge >= 0.3 is 0 Å². The van der Waals surface area contributed by atoms with Crippen LogP contribution in [0.5, 0.6) is 0 Å². The fourth-order valence-electron chi connectivity index (χ4n) is 3.52. The number of hydrogen-bond donors (Lipinski definition) is 1. The summed E-state index contributed by atoms with van der Waals surface area (Å²) in [6.07, 6.45) is 3.31. The number of ether oxygens (including phenoxy) is 1. The molecule has 1 aromatic heterocycles. The van der Waals surface area contributed by atoms with E-state index in [1.54, 1.807) is 0 Å². The Hall–Kier alpha value is -2.20. The fraction of sp³-hybridized carbons (Fsp3) is 0.368. The first-order chi connectivity index (χ1) is 11.2. The molecule has 0 spiro atoms. The summed E-state index contributed by atoms with van der Waals surface area (Å²) >= 11 is 0. The number of anilines is 1. The Morgan fingerprint density at radius 1 is 1.17 bits per heavy atom. The average molecular weight is 308 g/mol. The van der Waals surface area contributed by atoms with Gasteiger partial charge in [-0.2, -0.15) is 0 Å². The largest absolute Gasteiger partial charge is 0.374 e. The van der Waals surface area contributed by atoms with Crippen LogP contribution in [0.25, 0.3) is 11.3 Å². The summed E-state index contributed by atoms with van der Waals surface area (Å²) in [5.74, 6) is 0.611. The molecule has 1 amide bonds. The number of aromatic nitrogens is 1. The standard InChI is InChI=1S/C19H20N2O2/c1-12-5-7-13(8-6-12)16-3-2-4-18(20-16)21-19(22)15-11-14-9-10-17(15)23-14/h2-8,14-15,17H,9-11H2,1H3,(H,20,21,22)/t14-,15-,17+/m1/s1. The molecule has 0 unspecified atom stereocenters. The third kappa shape index (κ3) is 2.86. The summed E-state index contributed by atoms with van der Waals surface area (Å²) in [5, 5.41) is 2.96. The number of hydrogen-bond acceptors (Lipinski definition) is 3. The topological polar surface area (TPSA) is 51.2 Å². The van der Waals surface area contributed by atoms with Gasteiger partial charge in [0, 0.05) is 5.56 Å². The third-order valence-corrected chi connectivity index (χ3v) is 4.79. The van der Waals surface area contributed by atoms with E-state index in [0.29, 0.717) is 5.82 Å². The van der Waals surface area contributed by atoms with Gasteiger partial charge in [0.2, 0.25) is 5.91 Å². The normalized spacial score (nSPS) is 25.5. The van der Waals surface area contributed by atoms with Gasteiger partial charge in [-0.3, -0.25) is 4.79 Å². The molecule has 0 saturated carbocycles. The van der Waals surface area contributed by atoms with Crippen molar-refractivity contribution in [1.82, 2.24) is 4.98 Å². The molecule has 1 N–H and O–H groups in total. The molecule has 4 rings (SSSR count). The Labute approximate surface area is 135 Å². The molecule has 3 heterocycles. The highest BCUT2D eigenvalue weighted by molar-refractivity contribution is 5.92. The number of carbonyl (C=O) groups excluding carboxylic acids is 1. The summed E-state index contributed by atoms with van der Waals surface area (Å²) in [4.78, 5) is 17.0. The van der Waals surface area contributed by atoms with Gasteiger partial charge in [0.25, 0.3) is 0 Å². The lowest BCUT2D eigenvalue weighted by molar-refractivity contribution is -0.121. The van der Waals surface area contributed by atoms with E-state index in [0.717, 1.165) is 30.5 Å². The van der Waals surface area contributed by atoms with Crippen molar-refractivity contribution < 1.29 is 9.53 Å². The highest BCUT2D eigenvalue weighted by atomic mass is 16.5. The number of benzene rings is 1. The molecule has 2 aliphatic rings. The molecule has 4 nitrogen and oxygen atoms in total. The van der Waals surface area contributed by atoms with E-state index >= 15 is 0 Å². The van der Waals surface area contributed by atoms with Crippen molar-refractivity contribution in [1.29, 1.82) is 0 Å². The van der Waals surface area contributed by atoms with Crippen LogP contribution in [0.1, 0.15) is 24.8 Å². The summed E-state index contributed by atoms with van der Waals surface area (Å²) in [5.41, 5.74) is 3.14. The van der Waals surface area contributed by atoms with Gasteiger partial charge in [0.15, 0.2) is 0 Å². The zero-order chi connectivity index (χ0) is 15.8. The molecule has 4 heteroatoms. The van der Waals surface area contributed by atoms with E-state index in [9.17, 15) is 4.79 Å². The van der Waals surface area contributed by atoms with Crippen molar-refractivity contribution in [2.75, 3.05) is 5.32 Å². The maximum absolute atomic E-state index is 12.5. The Bertz CT molecular complexity index is 726. The van der Waals surface area contributed by atoms with Crippen LogP contribution in [0.15, 0.2) is 42.5 Å². The maximum Gasteiger partial charge on any atom is 0.231 e. The molecule has 3 atom stereocenters. The smallest absolute Gasteiger partial charge is 0.231 e. The van der Waals surface area contributed by atoms with E-state index in [4.69, 9.17) is 4.74 Å². The van der Waals surface area contributed by atoms with Gasteiger partial charge in [-0.15, -0.1) is 0 Å². The quantitative estimate of drug-likeness (QED) is 0.943. The summed E-state index contributed by atoms with van der Waals surface area (Å²) < 4.78 is 5.77. The van der Waals surface area contributed by atoms with Crippen LogP contribution < -0.4 is 5.32 Å². The van der Waals surface area contributed by atoms with E-state index in [2.05, 4.69) is 29.4 Å². The minimum Gasteiger partial charge on any atom is -0.374 e. The van der Waals surface area contributed by atoms with E-state index in [-0.39, 0.29) is 24.0 Å². The molecule has 1 aromatic carbocycles. The second-order valence-corrected chi connectivity index (χ2v) is 6.48. The lowest BCUT2D eigenvalue weighted by atomic mass is 9.88. The first-order valence-electron chi connectivity index (χ1n) is 8.19. The second-order valence-electron chi connectivity index (χ2n) is 6.48. The summed E-state index contributed by atoms with van der Waals surface area (Å²) in [6, 6.07) is 13.9. The van der Waals surface area contributed by atoms with Gasteiger partial charge in [-0.25, -0.2) is 4.98 Å². The van der Waals surface area contributed by atoms with Crippen molar-refractivity contribution in [2.24, 2.45) is 5.92 Å². The Kier molecular flexibility index (Phi) is 3.62. The second kappa shape index (κ2) is 5.78. The minimum absolute atomic E-state index is 0.0291. The van der Waals surface area contributed by atoms with Crippen LogP contribution in [0.4, 0.5) is 5.82 Å². The van der Waals surface area contributed by atoms with Crippen molar-refractivity contribution in [3.8, 4) is 11.3 Å². The molecular weight excluding hydrogens is 288 g/mol. The average Bonchev–Trinajstić information content (AvgIpc) is 3.19. The number of nitrogens with one attached hydrogen (secondary N) is 1. The van der Waals surface area contributed by atoms with Gasteiger partial charge in [0.1, 0.15) is 5.82 Å². The summed E-state index contributed by atoms with van der Waals surface area (Å²) in [7, 11) is 0. The van der Waals surface area contributed by atoms with Crippen LogP contribution in [0.3, 0.4) is 0 Å². The van der Waals surface area contributed by atoms with Crippen LogP contribution in [0, 0.1) is 12.8 Å². The number of amides is 1. The maximum atomic E-state index is 12.5. The Balaban J connectivity index is 1.50. The van der Waals surface area contributed by atoms with Gasteiger partial charge < -0.3 is 10.1 Å². The van der Waals surface area contributed by atoms with Gasteiger partial charge in [-0.05, 0) is 38.3 Å². The van der Waals surface area contributed by atoms with Crippen LogP contribution in [-0.2, 0) is 9.53 Å². The Morgan fingerprint density at radius 3 is 2.70 bits per heavy atom. The predicted molar refractivity (Wildman–Crippen MR) is 89.0 cm³/mol. The van der Waals surface area contributed by atoms with Crippen molar-refractivity contribution in [3.63, 3.8) is 0 Å². The molecule has 0 aliphatic carbocycles. The van der Waals surface area contributed by atoms with E-state index in [1.807, 2.05) is 30.3 Å². The molecule has 2 aliphatic heterocycles. The number of carbonyl (C=O) groups is 1. The van der Waals surface area contributed by atoms with Gasteiger partial charge in [0.05, 0.1) is 23.8 Å². The zero-order valence-electron chi connectivity index (χ0n) is 13.2. The van der Waals surface area contributed by atoms with Crippen LogP contribution in [-0.4, -0.2) is 23.1 Å². The minimum atomic E-state index is -0.0291. The highest BCUT2D eigenvalue weighted by Gasteiger charge is 2.44. The molecule has 118 valence electrons. The molecule has 2 bridgehead atoms. The monoisotopic (exact) mass is 308 g/mol. The molecule has 2 fully saturated rings. The van der Waals surface area contributed by atoms with Crippen molar-refractivity contribution >= 4 is 11.7 Å². The highest BCUT2D eigenvalue weighted by Crippen LogP contribution is 2.39. The zero-order valence-corrected chi connectivity index (χ0v) is 13.2. The lowest BCUT2D eigenvalue weighted by Crippen LogP contribution is -2.30. The van der Waals surface area contributed by atoms with E-state index in [1.165, 1.54) is 5.56 Å². The van der Waals surface area contributed by atoms with Crippen molar-refractivity contribution in [3.05, 3.63) is 48.0 Å². The third-order valence-electron chi connectivity index (χ3n) is 4.79. The SMILES string of the molecule is Cc1ccc(-c2cccc(NC(=O)[C@@H]3C[C@H]4CC[C@@H]3O4)n2)cc1. The number of pyridine rings is 1. The van der Waals surface area contributed by atoms with Crippen LogP contribution >= 0.6 is 0 Å². The molecule has 23 heavy (non-hydrogen) atoms. The summed E-state index contributed by atoms with van der Waals surface area (Å²) in [6.45, 7) is 2.06. The lowest BCUT2D eigenvalue weighted by Gasteiger charge is -2.17.